The fourth-order valence-electron chi connectivity index (χ4n) is 3.14. The molecule has 8 nitrogen and oxygen atoms in total. The monoisotopic (exact) mass is 430 g/mol. The average Bonchev–Trinajstić information content (AvgIpc) is 3.33. The van der Waals surface area contributed by atoms with Crippen LogP contribution in [0.15, 0.2) is 40.9 Å². The van der Waals surface area contributed by atoms with Gasteiger partial charge < -0.3 is 25.2 Å². The number of fused-ring (bicyclic) bond motifs is 1. The van der Waals surface area contributed by atoms with Crippen LogP contribution in [0, 0.1) is 12.7 Å². The Morgan fingerprint density at radius 1 is 1.27 bits per heavy atom. The largest absolute Gasteiger partial charge is 0.394 e. The van der Waals surface area contributed by atoms with Gasteiger partial charge in [-0.2, -0.15) is 4.98 Å². The van der Waals surface area contributed by atoms with Gasteiger partial charge in [0.05, 0.1) is 28.2 Å². The molecule has 0 aliphatic heterocycles. The summed E-state index contributed by atoms with van der Waals surface area (Å²) in [6.07, 6.45) is 0. The Morgan fingerprint density at radius 2 is 2.10 bits per heavy atom. The quantitative estimate of drug-likeness (QED) is 0.351. The van der Waals surface area contributed by atoms with Crippen molar-refractivity contribution >= 4 is 34.5 Å². The number of aromatic nitrogens is 4. The highest BCUT2D eigenvalue weighted by Crippen LogP contribution is 2.29. The number of para-hydroxylation sites is 1. The molecule has 4 N–H and O–H groups in total. The van der Waals surface area contributed by atoms with Gasteiger partial charge >= 0.3 is 0 Å². The summed E-state index contributed by atoms with van der Waals surface area (Å²) in [6, 6.07) is 10.1. The van der Waals surface area contributed by atoms with Crippen molar-refractivity contribution in [3.8, 4) is 0 Å². The molecule has 4 aromatic rings. The van der Waals surface area contributed by atoms with Gasteiger partial charge in [0.1, 0.15) is 5.82 Å². The van der Waals surface area contributed by atoms with Crippen LogP contribution < -0.4 is 10.6 Å². The molecule has 0 spiro atoms. The molecule has 0 saturated heterocycles. The van der Waals surface area contributed by atoms with Crippen LogP contribution in [0.25, 0.3) is 11.0 Å². The molecule has 10 heteroatoms. The predicted molar refractivity (Wildman–Crippen MR) is 112 cm³/mol. The van der Waals surface area contributed by atoms with E-state index in [0.717, 1.165) is 16.6 Å². The molecular formula is C20H20ClFN6O2. The third-order valence-electron chi connectivity index (χ3n) is 4.83. The van der Waals surface area contributed by atoms with Crippen LogP contribution in [-0.4, -0.2) is 31.8 Å². The molecule has 1 unspecified atom stereocenters. The fraction of sp³-hybridized carbons (Fsp3) is 0.250. The molecule has 0 aliphatic rings. The molecule has 0 bridgehead atoms. The number of nitrogens with zero attached hydrogens (tertiary/aromatic N) is 3. The molecule has 30 heavy (non-hydrogen) atoms. The fourth-order valence-corrected chi connectivity index (χ4v) is 3.32. The van der Waals surface area contributed by atoms with Gasteiger partial charge in [-0.1, -0.05) is 29.8 Å². The number of nitrogens with one attached hydrogen (secondary N) is 3. The van der Waals surface area contributed by atoms with E-state index < -0.39 is 11.4 Å². The number of aryl methyl sites for hydroxylation is 1. The zero-order valence-corrected chi connectivity index (χ0v) is 17.1. The number of benzene rings is 2. The lowest BCUT2D eigenvalue weighted by atomic mass is 9.93. The first-order valence-electron chi connectivity index (χ1n) is 9.24. The maximum Gasteiger partial charge on any atom is 0.263 e. The highest BCUT2D eigenvalue weighted by Gasteiger charge is 2.28. The van der Waals surface area contributed by atoms with Crippen LogP contribution in [-0.2, 0) is 12.1 Å². The maximum atomic E-state index is 13.5. The first kappa shape index (κ1) is 20.1. The SMILES string of the molecule is Cc1nc(NCc2cccc3[nH]c(NC(C)(CO)c4ccc(F)c(Cl)c4)nc23)no1. The van der Waals surface area contributed by atoms with Crippen molar-refractivity contribution in [1.29, 1.82) is 0 Å². The summed E-state index contributed by atoms with van der Waals surface area (Å²) in [5, 5.41) is 20.1. The maximum absolute atomic E-state index is 13.5. The highest BCUT2D eigenvalue weighted by molar-refractivity contribution is 6.30. The Labute approximate surface area is 176 Å². The van der Waals surface area contributed by atoms with Gasteiger partial charge in [-0.15, -0.1) is 0 Å². The summed E-state index contributed by atoms with van der Waals surface area (Å²) in [4.78, 5) is 12.0. The van der Waals surface area contributed by atoms with Crippen molar-refractivity contribution in [2.45, 2.75) is 25.9 Å². The molecule has 156 valence electrons. The topological polar surface area (TPSA) is 112 Å². The van der Waals surface area contributed by atoms with E-state index in [-0.39, 0.29) is 11.6 Å². The van der Waals surface area contributed by atoms with E-state index in [2.05, 4.69) is 30.7 Å². The van der Waals surface area contributed by atoms with Crippen molar-refractivity contribution in [1.82, 2.24) is 20.1 Å². The number of aliphatic hydroxyl groups is 1. The second-order valence-electron chi connectivity index (χ2n) is 7.13. The van der Waals surface area contributed by atoms with E-state index in [1.165, 1.54) is 12.1 Å². The molecule has 0 radical (unpaired) electrons. The van der Waals surface area contributed by atoms with E-state index in [1.54, 1.807) is 19.9 Å². The highest BCUT2D eigenvalue weighted by atomic mass is 35.5. The lowest BCUT2D eigenvalue weighted by molar-refractivity contribution is 0.223. The average molecular weight is 431 g/mol. The van der Waals surface area contributed by atoms with Crippen molar-refractivity contribution in [2.75, 3.05) is 17.2 Å². The van der Waals surface area contributed by atoms with Crippen LogP contribution >= 0.6 is 11.6 Å². The third-order valence-corrected chi connectivity index (χ3v) is 5.12. The number of hydrogen-bond donors (Lipinski definition) is 4. The number of H-pyrrole nitrogens is 1. The minimum absolute atomic E-state index is 0.0105. The minimum atomic E-state index is -0.925. The molecular weight excluding hydrogens is 411 g/mol. The third kappa shape index (κ3) is 3.94. The summed E-state index contributed by atoms with van der Waals surface area (Å²) >= 11 is 5.92. The number of halogens is 2. The summed E-state index contributed by atoms with van der Waals surface area (Å²) in [5.74, 6) is 0.828. The summed E-state index contributed by atoms with van der Waals surface area (Å²) in [6.45, 7) is 3.70. The summed E-state index contributed by atoms with van der Waals surface area (Å²) in [5.41, 5.74) is 2.20. The Bertz CT molecular complexity index is 1190. The van der Waals surface area contributed by atoms with E-state index in [9.17, 15) is 9.50 Å². The standard InChI is InChI=1S/C20H20ClFN6O2/c1-11-24-18(28-30-11)23-9-12-4-3-5-16-17(12)26-19(25-16)27-20(2,10-29)13-6-7-15(22)14(21)8-13/h3-8,29H,9-10H2,1-2H3,(H,23,28)(H2,25,26,27). The van der Waals surface area contributed by atoms with Crippen LogP contribution in [0.5, 0.6) is 0 Å². The van der Waals surface area contributed by atoms with E-state index in [1.807, 2.05) is 18.2 Å². The molecule has 0 aliphatic carbocycles. The number of imidazole rings is 1. The molecule has 4 rings (SSSR count). The van der Waals surface area contributed by atoms with Crippen LogP contribution in [0.4, 0.5) is 16.3 Å². The number of anilines is 2. The summed E-state index contributed by atoms with van der Waals surface area (Å²) in [7, 11) is 0. The van der Waals surface area contributed by atoms with Gasteiger partial charge in [-0.05, 0) is 41.4 Å². The number of aromatic amines is 1. The van der Waals surface area contributed by atoms with Crippen molar-refractivity contribution < 1.29 is 14.0 Å². The predicted octanol–water partition coefficient (Wildman–Crippen LogP) is 3.98. The van der Waals surface area contributed by atoms with Gasteiger partial charge in [-0.3, -0.25) is 0 Å². The van der Waals surface area contributed by atoms with E-state index >= 15 is 0 Å². The minimum Gasteiger partial charge on any atom is -0.394 e. The van der Waals surface area contributed by atoms with Crippen LogP contribution in [0.2, 0.25) is 5.02 Å². The van der Waals surface area contributed by atoms with Gasteiger partial charge in [0.2, 0.25) is 11.8 Å². The Hall–Kier alpha value is -3.17. The zero-order valence-electron chi connectivity index (χ0n) is 16.3. The molecule has 2 heterocycles. The van der Waals surface area contributed by atoms with Crippen LogP contribution in [0.3, 0.4) is 0 Å². The van der Waals surface area contributed by atoms with Crippen LogP contribution in [0.1, 0.15) is 23.9 Å². The normalized spacial score (nSPS) is 13.4. The second kappa shape index (κ2) is 7.92. The van der Waals surface area contributed by atoms with Gasteiger partial charge in [-0.25, -0.2) is 9.37 Å². The Morgan fingerprint density at radius 3 is 2.80 bits per heavy atom. The van der Waals surface area contributed by atoms with E-state index in [4.69, 9.17) is 16.1 Å². The number of rotatable bonds is 7. The molecule has 2 aromatic carbocycles. The molecule has 1 atom stereocenters. The van der Waals surface area contributed by atoms with Gasteiger partial charge in [0.25, 0.3) is 5.95 Å². The molecule has 0 amide bonds. The van der Waals surface area contributed by atoms with Crippen molar-refractivity contribution in [3.05, 3.63) is 64.3 Å². The second-order valence-corrected chi connectivity index (χ2v) is 7.54. The lowest BCUT2D eigenvalue weighted by Crippen LogP contribution is -2.36. The van der Waals surface area contributed by atoms with E-state index in [0.29, 0.717) is 29.9 Å². The molecule has 2 aromatic heterocycles. The Kier molecular flexibility index (Phi) is 5.31. The smallest absolute Gasteiger partial charge is 0.263 e. The first-order valence-corrected chi connectivity index (χ1v) is 9.62. The summed E-state index contributed by atoms with van der Waals surface area (Å²) < 4.78 is 18.5. The molecule has 0 saturated carbocycles. The lowest BCUT2D eigenvalue weighted by Gasteiger charge is -2.29. The van der Waals surface area contributed by atoms with Gasteiger partial charge in [0.15, 0.2) is 0 Å². The van der Waals surface area contributed by atoms with Gasteiger partial charge in [0, 0.05) is 13.5 Å². The first-order chi connectivity index (χ1) is 14.4. The van der Waals surface area contributed by atoms with Crippen molar-refractivity contribution in [2.24, 2.45) is 0 Å². The van der Waals surface area contributed by atoms with Crippen molar-refractivity contribution in [3.63, 3.8) is 0 Å². The molecule has 0 fully saturated rings. The number of aliphatic hydroxyl groups excluding tert-OH is 1. The number of hydrogen-bond acceptors (Lipinski definition) is 7. The zero-order chi connectivity index (χ0) is 21.3. The Balaban J connectivity index is 1.60.